The van der Waals surface area contributed by atoms with E-state index in [1.165, 1.54) is 0 Å². The summed E-state index contributed by atoms with van der Waals surface area (Å²) in [4.78, 5) is 11.1. The van der Waals surface area contributed by atoms with Crippen LogP contribution in [0.4, 0.5) is 0 Å². The van der Waals surface area contributed by atoms with E-state index in [-0.39, 0.29) is 5.91 Å². The van der Waals surface area contributed by atoms with Crippen LogP contribution in [0, 0.1) is 6.92 Å². The highest BCUT2D eigenvalue weighted by molar-refractivity contribution is 5.94. The van der Waals surface area contributed by atoms with E-state index < -0.39 is 6.23 Å². The van der Waals surface area contributed by atoms with Gasteiger partial charge < -0.3 is 10.4 Å². The van der Waals surface area contributed by atoms with Crippen molar-refractivity contribution in [1.29, 1.82) is 0 Å². The first-order valence-electron chi connectivity index (χ1n) is 3.57. The van der Waals surface area contributed by atoms with Crippen LogP contribution in [0.1, 0.15) is 10.4 Å². The Morgan fingerprint density at radius 1 is 1.42 bits per heavy atom. The molecule has 0 aliphatic carbocycles. The Bertz CT molecular complexity index is 256. The molecule has 0 saturated carbocycles. The number of rotatable bonds is 2. The molecule has 63 valence electrons. The lowest BCUT2D eigenvalue weighted by molar-refractivity contribution is 0.0852. The summed E-state index contributed by atoms with van der Waals surface area (Å²) in [5.41, 5.74) is 0.514. The number of aliphatic hydroxyl groups is 1. The second-order valence-electron chi connectivity index (χ2n) is 2.36. The molecule has 3 heteroatoms. The first-order chi connectivity index (χ1) is 5.70. The molecule has 1 unspecified atom stereocenters. The molecule has 1 atom stereocenters. The fraction of sp³-hybridized carbons (Fsp3) is 0.111. The Hall–Kier alpha value is -1.35. The highest BCUT2D eigenvalue weighted by atomic mass is 16.3. The molecule has 3 nitrogen and oxygen atoms in total. The van der Waals surface area contributed by atoms with E-state index in [9.17, 15) is 4.79 Å². The van der Waals surface area contributed by atoms with Crippen LogP contribution < -0.4 is 5.32 Å². The van der Waals surface area contributed by atoms with Gasteiger partial charge in [-0.05, 0) is 19.1 Å². The fourth-order valence-corrected chi connectivity index (χ4v) is 0.824. The summed E-state index contributed by atoms with van der Waals surface area (Å²) in [6, 6.07) is 8.65. The second-order valence-corrected chi connectivity index (χ2v) is 2.36. The van der Waals surface area contributed by atoms with Crippen molar-refractivity contribution >= 4 is 5.91 Å². The molecule has 2 N–H and O–H groups in total. The zero-order valence-corrected chi connectivity index (χ0v) is 6.53. The normalized spacial score (nSPS) is 12.2. The van der Waals surface area contributed by atoms with E-state index >= 15 is 0 Å². The molecule has 0 fully saturated rings. The van der Waals surface area contributed by atoms with Gasteiger partial charge in [-0.1, -0.05) is 18.2 Å². The maximum atomic E-state index is 11.1. The van der Waals surface area contributed by atoms with Gasteiger partial charge in [0.2, 0.25) is 0 Å². The van der Waals surface area contributed by atoms with Gasteiger partial charge in [0.15, 0.2) is 0 Å². The first-order valence-corrected chi connectivity index (χ1v) is 3.57. The molecule has 0 aromatic heterocycles. The number of hydrogen-bond donors (Lipinski definition) is 2. The Morgan fingerprint density at radius 2 is 2.00 bits per heavy atom. The second kappa shape index (κ2) is 3.88. The summed E-state index contributed by atoms with van der Waals surface area (Å²) in [7, 11) is 0. The molecule has 1 amide bonds. The zero-order valence-electron chi connectivity index (χ0n) is 6.53. The van der Waals surface area contributed by atoms with E-state index in [4.69, 9.17) is 5.11 Å². The third-order valence-corrected chi connectivity index (χ3v) is 1.33. The molecule has 0 aliphatic heterocycles. The minimum atomic E-state index is -1.06. The largest absolute Gasteiger partial charge is 0.374 e. The Balaban J connectivity index is 2.66. The van der Waals surface area contributed by atoms with Crippen LogP contribution in [-0.2, 0) is 0 Å². The maximum absolute atomic E-state index is 11.1. The van der Waals surface area contributed by atoms with Crippen LogP contribution >= 0.6 is 0 Å². The number of carbonyl (C=O) groups is 1. The highest BCUT2D eigenvalue weighted by Crippen LogP contribution is 1.97. The Kier molecular flexibility index (Phi) is 2.82. The SMILES string of the molecule is [CH2]C(O)NC(=O)c1ccccc1. The van der Waals surface area contributed by atoms with Gasteiger partial charge in [-0.25, -0.2) is 0 Å². The molecular weight excluding hydrogens is 154 g/mol. The molecular formula is C9H10NO2. The van der Waals surface area contributed by atoms with Crippen molar-refractivity contribution in [2.75, 3.05) is 0 Å². The fourth-order valence-electron chi connectivity index (χ4n) is 0.824. The van der Waals surface area contributed by atoms with Gasteiger partial charge in [0.1, 0.15) is 6.23 Å². The van der Waals surface area contributed by atoms with Gasteiger partial charge in [0.25, 0.3) is 5.91 Å². The number of amides is 1. The maximum Gasteiger partial charge on any atom is 0.253 e. The lowest BCUT2D eigenvalue weighted by Crippen LogP contribution is -2.32. The van der Waals surface area contributed by atoms with E-state index in [1.807, 2.05) is 6.07 Å². The molecule has 12 heavy (non-hydrogen) atoms. The van der Waals surface area contributed by atoms with E-state index in [1.54, 1.807) is 24.3 Å². The third kappa shape index (κ3) is 2.36. The average molecular weight is 164 g/mol. The van der Waals surface area contributed by atoms with Gasteiger partial charge in [-0.15, -0.1) is 0 Å². The number of nitrogens with one attached hydrogen (secondary N) is 1. The number of aliphatic hydroxyl groups excluding tert-OH is 1. The van der Waals surface area contributed by atoms with E-state index in [0.717, 1.165) is 0 Å². The van der Waals surface area contributed by atoms with Crippen molar-refractivity contribution in [3.8, 4) is 0 Å². The van der Waals surface area contributed by atoms with Crippen molar-refractivity contribution in [2.24, 2.45) is 0 Å². The molecule has 1 radical (unpaired) electrons. The lowest BCUT2D eigenvalue weighted by atomic mass is 10.2. The molecule has 0 heterocycles. The lowest BCUT2D eigenvalue weighted by Gasteiger charge is -2.06. The molecule has 0 spiro atoms. The van der Waals surface area contributed by atoms with Crippen LogP contribution in [0.3, 0.4) is 0 Å². The van der Waals surface area contributed by atoms with Gasteiger partial charge >= 0.3 is 0 Å². The van der Waals surface area contributed by atoms with Crippen LogP contribution in [0.25, 0.3) is 0 Å². The van der Waals surface area contributed by atoms with Gasteiger partial charge in [-0.2, -0.15) is 0 Å². The number of carbonyl (C=O) groups excluding carboxylic acids is 1. The molecule has 0 bridgehead atoms. The van der Waals surface area contributed by atoms with Crippen molar-refractivity contribution < 1.29 is 9.90 Å². The summed E-state index contributed by atoms with van der Waals surface area (Å²) in [6.45, 7) is 3.23. The van der Waals surface area contributed by atoms with Gasteiger partial charge in [-0.3, -0.25) is 4.79 Å². The van der Waals surface area contributed by atoms with Gasteiger partial charge in [0.05, 0.1) is 0 Å². The standard InChI is InChI=1S/C9H10NO2/c1-7(11)10-9(12)8-5-3-2-4-6-8/h2-7,11H,1H2,(H,10,12). The van der Waals surface area contributed by atoms with E-state index in [0.29, 0.717) is 5.56 Å². The first kappa shape index (κ1) is 8.74. The van der Waals surface area contributed by atoms with Crippen LogP contribution in [0.5, 0.6) is 0 Å². The third-order valence-electron chi connectivity index (χ3n) is 1.33. The molecule has 1 aromatic rings. The predicted molar refractivity (Wildman–Crippen MR) is 45.3 cm³/mol. The molecule has 0 aliphatic rings. The number of hydrogen-bond acceptors (Lipinski definition) is 2. The topological polar surface area (TPSA) is 49.3 Å². The molecule has 0 saturated heterocycles. The Morgan fingerprint density at radius 3 is 2.50 bits per heavy atom. The van der Waals surface area contributed by atoms with Gasteiger partial charge in [0, 0.05) is 5.56 Å². The molecule has 1 rings (SSSR count). The highest BCUT2D eigenvalue weighted by Gasteiger charge is 2.05. The van der Waals surface area contributed by atoms with Crippen LogP contribution in [-0.4, -0.2) is 17.2 Å². The molecule has 1 aromatic carbocycles. The summed E-state index contributed by atoms with van der Waals surface area (Å²) in [5, 5.41) is 11.0. The average Bonchev–Trinajstić information content (AvgIpc) is 2.05. The van der Waals surface area contributed by atoms with Crippen molar-refractivity contribution in [3.63, 3.8) is 0 Å². The van der Waals surface area contributed by atoms with Crippen molar-refractivity contribution in [1.82, 2.24) is 5.32 Å². The van der Waals surface area contributed by atoms with Crippen LogP contribution in [0.2, 0.25) is 0 Å². The van der Waals surface area contributed by atoms with Crippen molar-refractivity contribution in [2.45, 2.75) is 6.23 Å². The minimum Gasteiger partial charge on any atom is -0.374 e. The summed E-state index contributed by atoms with van der Waals surface area (Å²) < 4.78 is 0. The Labute approximate surface area is 71.0 Å². The van der Waals surface area contributed by atoms with Crippen LogP contribution in [0.15, 0.2) is 30.3 Å². The summed E-state index contributed by atoms with van der Waals surface area (Å²) in [5.74, 6) is -0.321. The zero-order chi connectivity index (χ0) is 8.97. The quantitative estimate of drug-likeness (QED) is 0.628. The van der Waals surface area contributed by atoms with Crippen molar-refractivity contribution in [3.05, 3.63) is 42.8 Å². The monoisotopic (exact) mass is 164 g/mol. The minimum absolute atomic E-state index is 0.321. The summed E-state index contributed by atoms with van der Waals surface area (Å²) >= 11 is 0. The predicted octanol–water partition coefficient (Wildman–Crippen LogP) is 0.569. The smallest absolute Gasteiger partial charge is 0.253 e. The van der Waals surface area contributed by atoms with E-state index in [2.05, 4.69) is 12.2 Å². The summed E-state index contributed by atoms with van der Waals surface area (Å²) in [6.07, 6.45) is -1.06. The number of benzene rings is 1.